The molecule has 0 radical (unpaired) electrons. The fourth-order valence-corrected chi connectivity index (χ4v) is 3.61. The molecule has 1 aliphatic heterocycles. The fourth-order valence-electron chi connectivity index (χ4n) is 3.61. The number of aromatic nitrogens is 1. The molecule has 152 valence electrons. The zero-order valence-electron chi connectivity index (χ0n) is 17.0. The van der Waals surface area contributed by atoms with Gasteiger partial charge >= 0.3 is 5.97 Å². The normalized spacial score (nSPS) is 12.0. The highest BCUT2D eigenvalue weighted by atomic mass is 16.4. The topological polar surface area (TPSA) is 78.9 Å². The highest BCUT2D eigenvalue weighted by Crippen LogP contribution is 2.31. The van der Waals surface area contributed by atoms with Crippen LogP contribution in [0.2, 0.25) is 0 Å². The summed E-state index contributed by atoms with van der Waals surface area (Å²) in [4.78, 5) is 22.7. The van der Waals surface area contributed by atoms with Gasteiger partial charge in [-0.3, -0.25) is 0 Å². The quantitative estimate of drug-likeness (QED) is 0.332. The summed E-state index contributed by atoms with van der Waals surface area (Å²) in [5.41, 5.74) is 4.19. The molecule has 0 spiro atoms. The third-order valence-electron chi connectivity index (χ3n) is 5.24. The summed E-state index contributed by atoms with van der Waals surface area (Å²) in [7, 11) is 3.96. The highest BCUT2D eigenvalue weighted by molar-refractivity contribution is 5.96. The largest absolute Gasteiger partial charge is 0.478 e. The van der Waals surface area contributed by atoms with Crippen LogP contribution in [-0.4, -0.2) is 30.2 Å². The molecule has 31 heavy (non-hydrogen) atoms. The third-order valence-corrected chi connectivity index (χ3v) is 5.24. The van der Waals surface area contributed by atoms with E-state index in [0.717, 1.165) is 33.0 Å². The summed E-state index contributed by atoms with van der Waals surface area (Å²) in [5, 5.41) is 11.7. The summed E-state index contributed by atoms with van der Waals surface area (Å²) in [6.07, 6.45) is 0. The molecule has 6 nitrogen and oxygen atoms in total. The Labute approximate surface area is 178 Å². The maximum atomic E-state index is 11.1. The Balaban J connectivity index is 1.78. The lowest BCUT2D eigenvalue weighted by Crippen LogP contribution is -2.08. The molecule has 0 saturated carbocycles. The molecule has 0 atom stereocenters. The molecule has 0 saturated heterocycles. The second-order valence-corrected chi connectivity index (χ2v) is 7.51. The van der Waals surface area contributed by atoms with Gasteiger partial charge < -0.3 is 14.4 Å². The van der Waals surface area contributed by atoms with Crippen LogP contribution in [0.1, 0.15) is 10.4 Å². The SMILES string of the molecule is CN(C)c1ccc2nc3c4ccccc4c(=Nc4ccc(C(=O)O)cc4)cc-3oc2c1. The number of hydrogen-bond donors (Lipinski definition) is 1. The van der Waals surface area contributed by atoms with E-state index in [4.69, 9.17) is 19.5 Å². The maximum absolute atomic E-state index is 11.1. The summed E-state index contributed by atoms with van der Waals surface area (Å²) >= 11 is 0. The van der Waals surface area contributed by atoms with Crippen molar-refractivity contribution in [2.75, 3.05) is 19.0 Å². The van der Waals surface area contributed by atoms with Crippen LogP contribution >= 0.6 is 0 Å². The molecule has 1 aliphatic carbocycles. The van der Waals surface area contributed by atoms with Crippen LogP contribution in [0, 0.1) is 0 Å². The molecular weight excluding hydrogens is 390 g/mol. The summed E-state index contributed by atoms with van der Waals surface area (Å²) in [5.74, 6) is -0.320. The van der Waals surface area contributed by atoms with E-state index >= 15 is 0 Å². The van der Waals surface area contributed by atoms with E-state index in [1.54, 1.807) is 24.3 Å². The number of hydrogen-bond acceptors (Lipinski definition) is 5. The van der Waals surface area contributed by atoms with Crippen molar-refractivity contribution in [2.45, 2.75) is 0 Å². The lowest BCUT2D eigenvalue weighted by Gasteiger charge is -2.14. The van der Waals surface area contributed by atoms with Crippen molar-refractivity contribution in [3.05, 3.63) is 83.7 Å². The Bertz CT molecular complexity index is 1480. The molecule has 0 aromatic heterocycles. The standard InChI is InChI=1S/C25H19N3O3/c1-28(2)17-11-12-20-22(13-17)31-23-14-21(18-5-3-4-6-19(18)24(23)27-20)26-16-9-7-15(8-10-16)25(29)30/h3-14H,1-2H3,(H,29,30). The van der Waals surface area contributed by atoms with Gasteiger partial charge in [-0.2, -0.15) is 0 Å². The predicted octanol–water partition coefficient (Wildman–Crippen LogP) is 5.08. The van der Waals surface area contributed by atoms with E-state index in [1.165, 1.54) is 0 Å². The van der Waals surface area contributed by atoms with Gasteiger partial charge in [-0.25, -0.2) is 14.8 Å². The molecular formula is C25H19N3O3. The first kappa shape index (κ1) is 18.8. The first-order chi connectivity index (χ1) is 15.0. The van der Waals surface area contributed by atoms with Gasteiger partial charge in [0, 0.05) is 42.7 Å². The van der Waals surface area contributed by atoms with Crippen molar-refractivity contribution < 1.29 is 14.3 Å². The first-order valence-corrected chi connectivity index (χ1v) is 9.81. The summed E-state index contributed by atoms with van der Waals surface area (Å²) in [6, 6.07) is 22.3. The van der Waals surface area contributed by atoms with Gasteiger partial charge in [-0.1, -0.05) is 24.3 Å². The van der Waals surface area contributed by atoms with Crippen molar-refractivity contribution in [1.82, 2.24) is 4.98 Å². The second kappa shape index (κ2) is 7.25. The Morgan fingerprint density at radius 1 is 0.968 bits per heavy atom. The van der Waals surface area contributed by atoms with Crippen molar-refractivity contribution >= 4 is 39.2 Å². The van der Waals surface area contributed by atoms with Crippen molar-refractivity contribution in [3.8, 4) is 11.5 Å². The number of nitrogens with zero attached hydrogens (tertiary/aromatic N) is 3. The molecule has 1 heterocycles. The Morgan fingerprint density at radius 3 is 2.42 bits per heavy atom. The molecule has 0 unspecified atom stereocenters. The molecule has 5 rings (SSSR count). The van der Waals surface area contributed by atoms with Gasteiger partial charge in [0.1, 0.15) is 11.2 Å². The number of anilines is 1. The van der Waals surface area contributed by atoms with Gasteiger partial charge in [0.05, 0.1) is 16.6 Å². The van der Waals surface area contributed by atoms with Crippen LogP contribution in [0.3, 0.4) is 0 Å². The molecule has 2 aliphatic rings. The smallest absolute Gasteiger partial charge is 0.335 e. The number of rotatable bonds is 3. The lowest BCUT2D eigenvalue weighted by atomic mass is 10.0. The van der Waals surface area contributed by atoms with E-state index in [9.17, 15) is 4.79 Å². The number of carboxylic acid groups (broad SMARTS) is 1. The number of fused-ring (bicyclic) bond motifs is 4. The predicted molar refractivity (Wildman–Crippen MR) is 121 cm³/mol. The van der Waals surface area contributed by atoms with Crippen LogP contribution in [0.4, 0.5) is 11.4 Å². The Hall–Kier alpha value is -4.19. The van der Waals surface area contributed by atoms with Crippen molar-refractivity contribution in [2.24, 2.45) is 4.99 Å². The molecule has 3 aromatic carbocycles. The Kier molecular flexibility index (Phi) is 4.40. The minimum atomic E-state index is -0.962. The molecule has 1 N–H and O–H groups in total. The van der Waals surface area contributed by atoms with Gasteiger partial charge in [-0.05, 0) is 36.4 Å². The van der Waals surface area contributed by atoms with E-state index in [2.05, 4.69) is 0 Å². The van der Waals surface area contributed by atoms with Gasteiger partial charge in [0.15, 0.2) is 11.3 Å². The number of benzene rings is 4. The summed E-state index contributed by atoms with van der Waals surface area (Å²) in [6.45, 7) is 0. The molecule has 0 amide bonds. The number of aromatic carboxylic acids is 1. The average Bonchev–Trinajstić information content (AvgIpc) is 2.78. The van der Waals surface area contributed by atoms with E-state index in [-0.39, 0.29) is 5.56 Å². The van der Waals surface area contributed by atoms with Crippen LogP contribution in [0.15, 0.2) is 82.2 Å². The van der Waals surface area contributed by atoms with Crippen LogP contribution < -0.4 is 10.3 Å². The third kappa shape index (κ3) is 3.38. The van der Waals surface area contributed by atoms with Crippen molar-refractivity contribution in [1.29, 1.82) is 0 Å². The van der Waals surface area contributed by atoms with Gasteiger partial charge in [-0.15, -0.1) is 0 Å². The van der Waals surface area contributed by atoms with Crippen LogP contribution in [0.5, 0.6) is 0 Å². The fraction of sp³-hybridized carbons (Fsp3) is 0.0800. The lowest BCUT2D eigenvalue weighted by molar-refractivity contribution is 0.0697. The van der Waals surface area contributed by atoms with Crippen LogP contribution in [-0.2, 0) is 0 Å². The van der Waals surface area contributed by atoms with Crippen molar-refractivity contribution in [3.63, 3.8) is 0 Å². The van der Waals surface area contributed by atoms with Gasteiger partial charge in [0.25, 0.3) is 0 Å². The minimum Gasteiger partial charge on any atom is -0.478 e. The molecule has 3 aromatic rings. The second-order valence-electron chi connectivity index (χ2n) is 7.51. The summed E-state index contributed by atoms with van der Waals surface area (Å²) < 4.78 is 6.25. The monoisotopic (exact) mass is 409 g/mol. The zero-order valence-corrected chi connectivity index (χ0v) is 17.0. The van der Waals surface area contributed by atoms with E-state index in [0.29, 0.717) is 17.0 Å². The first-order valence-electron chi connectivity index (χ1n) is 9.81. The van der Waals surface area contributed by atoms with Gasteiger partial charge in [0.2, 0.25) is 0 Å². The highest BCUT2D eigenvalue weighted by Gasteiger charge is 2.15. The minimum absolute atomic E-state index is 0.227. The number of carboxylic acids is 1. The average molecular weight is 409 g/mol. The maximum Gasteiger partial charge on any atom is 0.335 e. The van der Waals surface area contributed by atoms with Crippen LogP contribution in [0.25, 0.3) is 33.3 Å². The number of carbonyl (C=O) groups is 1. The molecule has 0 bridgehead atoms. The zero-order chi connectivity index (χ0) is 21.5. The van der Waals surface area contributed by atoms with E-state index < -0.39 is 5.97 Å². The molecule has 6 heteroatoms. The van der Waals surface area contributed by atoms with E-state index in [1.807, 2.05) is 67.5 Å². The molecule has 0 fully saturated rings. The Morgan fingerprint density at radius 2 is 1.71 bits per heavy atom.